The highest BCUT2D eigenvalue weighted by molar-refractivity contribution is 7.10. The third-order valence-electron chi connectivity index (χ3n) is 3.60. The first-order valence-corrected chi connectivity index (χ1v) is 7.95. The van der Waals surface area contributed by atoms with Gasteiger partial charge in [0.2, 0.25) is 11.8 Å². The second kappa shape index (κ2) is 6.06. The Morgan fingerprint density at radius 1 is 1.30 bits per heavy atom. The van der Waals surface area contributed by atoms with Gasteiger partial charge in [0.15, 0.2) is 0 Å². The molecule has 1 aliphatic rings. The number of carbonyl (C=O) groups is 2. The molecule has 1 aliphatic heterocycles. The van der Waals surface area contributed by atoms with E-state index < -0.39 is 0 Å². The predicted molar refractivity (Wildman–Crippen MR) is 80.4 cm³/mol. The van der Waals surface area contributed by atoms with Crippen LogP contribution in [-0.2, 0) is 9.59 Å². The largest absolute Gasteiger partial charge is 0.297 e. The molecule has 20 heavy (non-hydrogen) atoms. The monoisotopic (exact) mass is 294 g/mol. The van der Waals surface area contributed by atoms with E-state index in [1.165, 1.54) is 9.78 Å². The van der Waals surface area contributed by atoms with Crippen LogP contribution in [0.3, 0.4) is 0 Å². The Morgan fingerprint density at radius 3 is 2.45 bits per heavy atom. The first-order valence-electron chi connectivity index (χ1n) is 7.07. The molecule has 1 aromatic rings. The molecule has 1 N–H and O–H groups in total. The fourth-order valence-electron chi connectivity index (χ4n) is 2.61. The van der Waals surface area contributed by atoms with Gasteiger partial charge in [-0.3, -0.25) is 19.8 Å². The van der Waals surface area contributed by atoms with Gasteiger partial charge in [0.1, 0.15) is 0 Å². The van der Waals surface area contributed by atoms with Crippen molar-refractivity contribution in [3.8, 4) is 0 Å². The van der Waals surface area contributed by atoms with E-state index in [-0.39, 0.29) is 36.4 Å². The van der Waals surface area contributed by atoms with Crippen LogP contribution in [0.25, 0.3) is 0 Å². The lowest BCUT2D eigenvalue weighted by atomic mass is 10.0. The summed E-state index contributed by atoms with van der Waals surface area (Å²) in [4.78, 5) is 26.9. The van der Waals surface area contributed by atoms with Crippen molar-refractivity contribution >= 4 is 23.2 Å². The summed E-state index contributed by atoms with van der Waals surface area (Å²) in [5.74, 6) is 0.202. The molecule has 0 aromatic carbocycles. The normalized spacial score (nSPS) is 21.3. The molecule has 2 unspecified atom stereocenters. The summed E-state index contributed by atoms with van der Waals surface area (Å²) in [5.41, 5.74) is 0. The number of thiophene rings is 1. The first kappa shape index (κ1) is 15.2. The average molecular weight is 294 g/mol. The summed E-state index contributed by atoms with van der Waals surface area (Å²) in [6, 6.07) is 3.74. The quantitative estimate of drug-likeness (QED) is 0.849. The molecule has 110 valence electrons. The molecule has 2 rings (SSSR count). The Bertz CT molecular complexity index is 482. The van der Waals surface area contributed by atoms with Gasteiger partial charge in [-0.25, -0.2) is 0 Å². The highest BCUT2D eigenvalue weighted by Gasteiger charge is 2.41. The Hall–Kier alpha value is -1.20. The van der Waals surface area contributed by atoms with Gasteiger partial charge < -0.3 is 0 Å². The van der Waals surface area contributed by atoms with Gasteiger partial charge in [0, 0.05) is 17.0 Å². The molecule has 0 radical (unpaired) electrons. The number of hydrogen-bond acceptors (Lipinski definition) is 4. The van der Waals surface area contributed by atoms with Gasteiger partial charge in [-0.1, -0.05) is 19.9 Å². The summed E-state index contributed by atoms with van der Waals surface area (Å²) in [7, 11) is 0. The molecule has 0 spiro atoms. The maximum atomic E-state index is 12.3. The number of carbonyl (C=O) groups excluding carboxylic acids is 2. The number of rotatable bonds is 5. The van der Waals surface area contributed by atoms with Crippen LogP contribution in [0.1, 0.15) is 45.0 Å². The molecule has 4 nitrogen and oxygen atoms in total. The summed E-state index contributed by atoms with van der Waals surface area (Å²) in [5, 5.41) is 5.42. The van der Waals surface area contributed by atoms with E-state index in [4.69, 9.17) is 0 Å². The maximum absolute atomic E-state index is 12.3. The van der Waals surface area contributed by atoms with Gasteiger partial charge in [0.25, 0.3) is 0 Å². The molecular weight excluding hydrogens is 272 g/mol. The Labute approximate surface area is 124 Å². The molecule has 1 fully saturated rings. The van der Waals surface area contributed by atoms with E-state index in [1.54, 1.807) is 11.3 Å². The van der Waals surface area contributed by atoms with Crippen LogP contribution < -0.4 is 5.32 Å². The molecule has 1 aromatic heterocycles. The molecule has 0 saturated carbocycles. The van der Waals surface area contributed by atoms with Crippen molar-refractivity contribution in [2.75, 3.05) is 0 Å². The van der Waals surface area contributed by atoms with Crippen LogP contribution in [0.4, 0.5) is 0 Å². The zero-order valence-electron chi connectivity index (χ0n) is 12.4. The minimum Gasteiger partial charge on any atom is -0.297 e. The maximum Gasteiger partial charge on any atom is 0.247 e. The molecule has 5 heteroatoms. The van der Waals surface area contributed by atoms with Gasteiger partial charge in [-0.05, 0) is 31.2 Å². The number of hydrogen-bond donors (Lipinski definition) is 1. The van der Waals surface area contributed by atoms with Crippen molar-refractivity contribution < 1.29 is 9.59 Å². The topological polar surface area (TPSA) is 49.4 Å². The average Bonchev–Trinajstić information content (AvgIpc) is 2.94. The van der Waals surface area contributed by atoms with E-state index >= 15 is 0 Å². The van der Waals surface area contributed by atoms with Gasteiger partial charge >= 0.3 is 0 Å². The van der Waals surface area contributed by atoms with E-state index in [2.05, 4.69) is 25.2 Å². The molecule has 2 atom stereocenters. The van der Waals surface area contributed by atoms with Crippen molar-refractivity contribution in [1.82, 2.24) is 10.2 Å². The predicted octanol–water partition coefficient (Wildman–Crippen LogP) is 2.57. The minimum absolute atomic E-state index is 0.0685. The fourth-order valence-corrected chi connectivity index (χ4v) is 3.57. The third kappa shape index (κ3) is 2.94. The van der Waals surface area contributed by atoms with E-state index in [0.29, 0.717) is 5.92 Å². The summed E-state index contributed by atoms with van der Waals surface area (Å²) in [6.45, 7) is 7.99. The van der Waals surface area contributed by atoms with Gasteiger partial charge in [0.05, 0.1) is 12.5 Å². The SMILES string of the molecule is CC(C)C(NC1CC(=O)N(C(C)C)C1=O)c1cccs1. The minimum atomic E-state index is -0.389. The summed E-state index contributed by atoms with van der Waals surface area (Å²) in [6.07, 6.45) is 0.269. The van der Waals surface area contributed by atoms with Crippen LogP contribution in [0.5, 0.6) is 0 Å². The standard InChI is InChI=1S/C15H22N2O2S/c1-9(2)14(12-6-5-7-20-12)16-11-8-13(18)17(10(3)4)15(11)19/h5-7,9-11,14,16H,8H2,1-4H3. The lowest BCUT2D eigenvalue weighted by molar-refractivity contribution is -0.140. The van der Waals surface area contributed by atoms with Crippen molar-refractivity contribution in [2.45, 2.75) is 52.2 Å². The molecular formula is C15H22N2O2S. The van der Waals surface area contributed by atoms with Crippen LogP contribution in [0.15, 0.2) is 17.5 Å². The number of nitrogens with zero attached hydrogens (tertiary/aromatic N) is 1. The molecule has 0 aliphatic carbocycles. The third-order valence-corrected chi connectivity index (χ3v) is 4.55. The van der Waals surface area contributed by atoms with Crippen LogP contribution in [-0.4, -0.2) is 28.8 Å². The van der Waals surface area contributed by atoms with Gasteiger partial charge in [-0.2, -0.15) is 0 Å². The van der Waals surface area contributed by atoms with Crippen LogP contribution in [0, 0.1) is 5.92 Å². The lowest BCUT2D eigenvalue weighted by Gasteiger charge is -2.25. The molecule has 0 bridgehead atoms. The number of nitrogens with one attached hydrogen (secondary N) is 1. The van der Waals surface area contributed by atoms with Crippen molar-refractivity contribution in [3.63, 3.8) is 0 Å². The zero-order valence-corrected chi connectivity index (χ0v) is 13.2. The number of amides is 2. The molecule has 2 amide bonds. The Kier molecular flexibility index (Phi) is 4.60. The van der Waals surface area contributed by atoms with E-state index in [1.807, 2.05) is 25.3 Å². The van der Waals surface area contributed by atoms with E-state index in [0.717, 1.165) is 0 Å². The smallest absolute Gasteiger partial charge is 0.247 e. The van der Waals surface area contributed by atoms with Crippen molar-refractivity contribution in [1.29, 1.82) is 0 Å². The summed E-state index contributed by atoms with van der Waals surface area (Å²) < 4.78 is 0. The lowest BCUT2D eigenvalue weighted by Crippen LogP contribution is -2.43. The van der Waals surface area contributed by atoms with Crippen molar-refractivity contribution in [2.24, 2.45) is 5.92 Å². The summed E-state index contributed by atoms with van der Waals surface area (Å²) >= 11 is 1.68. The van der Waals surface area contributed by atoms with Crippen LogP contribution >= 0.6 is 11.3 Å². The highest BCUT2D eigenvalue weighted by Crippen LogP contribution is 2.28. The van der Waals surface area contributed by atoms with Crippen molar-refractivity contribution in [3.05, 3.63) is 22.4 Å². The molecule has 2 heterocycles. The fraction of sp³-hybridized carbons (Fsp3) is 0.600. The highest BCUT2D eigenvalue weighted by atomic mass is 32.1. The second-order valence-electron chi connectivity index (χ2n) is 5.86. The van der Waals surface area contributed by atoms with Gasteiger partial charge in [-0.15, -0.1) is 11.3 Å². The Balaban J connectivity index is 2.13. The number of imide groups is 1. The van der Waals surface area contributed by atoms with E-state index in [9.17, 15) is 9.59 Å². The number of likely N-dealkylation sites (tertiary alicyclic amines) is 1. The zero-order chi connectivity index (χ0) is 14.9. The Morgan fingerprint density at radius 2 is 2.00 bits per heavy atom. The molecule has 1 saturated heterocycles. The second-order valence-corrected chi connectivity index (χ2v) is 6.84. The van der Waals surface area contributed by atoms with Crippen LogP contribution in [0.2, 0.25) is 0 Å². The first-order chi connectivity index (χ1) is 9.41.